The van der Waals surface area contributed by atoms with Crippen molar-refractivity contribution in [3.8, 4) is 22.6 Å². The number of carbonyl (C=O) groups is 1. The van der Waals surface area contributed by atoms with Crippen molar-refractivity contribution in [3.63, 3.8) is 0 Å². The number of rotatable bonds is 4. The summed E-state index contributed by atoms with van der Waals surface area (Å²) in [7, 11) is 0. The molecule has 0 saturated heterocycles. The summed E-state index contributed by atoms with van der Waals surface area (Å²) in [6.07, 6.45) is 4.66. The summed E-state index contributed by atoms with van der Waals surface area (Å²) < 4.78 is 14.1. The van der Waals surface area contributed by atoms with Crippen LogP contribution in [0.25, 0.3) is 22.6 Å². The number of hydrogen-bond acceptors (Lipinski definition) is 4. The standard InChI is InChI=1S/C22H14ClFN4O/c23-16-6-7-19(18(24)12-16)27-22(29)17-13-26-21(15-4-2-1-3-5-15)28-20(17)14-8-10-25-11-9-14/h1-13H,(H,27,29). The third-order valence-corrected chi connectivity index (χ3v) is 4.43. The number of anilines is 1. The molecule has 0 radical (unpaired) electrons. The molecule has 1 amide bonds. The van der Waals surface area contributed by atoms with Gasteiger partial charge in [-0.25, -0.2) is 14.4 Å². The van der Waals surface area contributed by atoms with Crippen LogP contribution in [0.5, 0.6) is 0 Å². The van der Waals surface area contributed by atoms with E-state index in [1.54, 1.807) is 24.5 Å². The second-order valence-electron chi connectivity index (χ2n) is 6.14. The number of hydrogen-bond donors (Lipinski definition) is 1. The maximum atomic E-state index is 14.1. The number of amides is 1. The maximum absolute atomic E-state index is 14.1. The highest BCUT2D eigenvalue weighted by atomic mass is 35.5. The highest BCUT2D eigenvalue weighted by Gasteiger charge is 2.18. The average Bonchev–Trinajstić information content (AvgIpc) is 2.76. The van der Waals surface area contributed by atoms with Crippen molar-refractivity contribution in [2.45, 2.75) is 0 Å². The van der Waals surface area contributed by atoms with Gasteiger partial charge in [-0.1, -0.05) is 41.9 Å². The van der Waals surface area contributed by atoms with E-state index >= 15 is 0 Å². The largest absolute Gasteiger partial charge is 0.319 e. The van der Waals surface area contributed by atoms with E-state index in [9.17, 15) is 9.18 Å². The van der Waals surface area contributed by atoms with Crippen LogP contribution in [0.4, 0.5) is 10.1 Å². The predicted molar refractivity (Wildman–Crippen MR) is 110 cm³/mol. The predicted octanol–water partition coefficient (Wildman–Crippen LogP) is 5.25. The molecule has 29 heavy (non-hydrogen) atoms. The molecule has 0 unspecified atom stereocenters. The van der Waals surface area contributed by atoms with Crippen molar-refractivity contribution in [1.29, 1.82) is 0 Å². The normalized spacial score (nSPS) is 10.6. The summed E-state index contributed by atoms with van der Waals surface area (Å²) in [6, 6.07) is 17.0. The third kappa shape index (κ3) is 4.12. The van der Waals surface area contributed by atoms with Crippen LogP contribution in [0, 0.1) is 5.82 Å². The molecule has 0 spiro atoms. The fourth-order valence-corrected chi connectivity index (χ4v) is 2.94. The number of carbonyl (C=O) groups excluding carboxylic acids is 1. The first-order valence-corrected chi connectivity index (χ1v) is 9.09. The molecule has 0 aliphatic heterocycles. The van der Waals surface area contributed by atoms with Crippen LogP contribution >= 0.6 is 11.6 Å². The fourth-order valence-electron chi connectivity index (χ4n) is 2.78. The lowest BCUT2D eigenvalue weighted by Gasteiger charge is -2.12. The SMILES string of the molecule is O=C(Nc1ccc(Cl)cc1F)c1cnc(-c2ccccc2)nc1-c1ccncc1. The molecule has 2 heterocycles. The van der Waals surface area contributed by atoms with E-state index in [1.807, 2.05) is 30.3 Å². The molecule has 1 N–H and O–H groups in total. The second kappa shape index (κ2) is 8.16. The molecule has 0 aliphatic rings. The van der Waals surface area contributed by atoms with Gasteiger partial charge in [0, 0.05) is 34.7 Å². The topological polar surface area (TPSA) is 67.8 Å². The van der Waals surface area contributed by atoms with E-state index in [0.717, 1.165) is 11.6 Å². The molecule has 142 valence electrons. The molecule has 0 saturated carbocycles. The van der Waals surface area contributed by atoms with Crippen LogP contribution < -0.4 is 5.32 Å². The minimum absolute atomic E-state index is 0.0206. The Morgan fingerprint density at radius 1 is 0.966 bits per heavy atom. The zero-order chi connectivity index (χ0) is 20.2. The summed E-state index contributed by atoms with van der Waals surface area (Å²) >= 11 is 5.77. The fraction of sp³-hybridized carbons (Fsp3) is 0. The highest BCUT2D eigenvalue weighted by molar-refractivity contribution is 6.30. The lowest BCUT2D eigenvalue weighted by Crippen LogP contribution is -2.15. The van der Waals surface area contributed by atoms with Crippen molar-refractivity contribution in [3.05, 3.63) is 95.7 Å². The van der Waals surface area contributed by atoms with Crippen molar-refractivity contribution >= 4 is 23.2 Å². The van der Waals surface area contributed by atoms with E-state index < -0.39 is 11.7 Å². The number of aromatic nitrogens is 3. The summed E-state index contributed by atoms with van der Waals surface area (Å²) in [4.78, 5) is 25.8. The van der Waals surface area contributed by atoms with Crippen LogP contribution in [0.3, 0.4) is 0 Å². The van der Waals surface area contributed by atoms with Crippen LogP contribution in [0.1, 0.15) is 10.4 Å². The third-order valence-electron chi connectivity index (χ3n) is 4.20. The molecule has 0 fully saturated rings. The summed E-state index contributed by atoms with van der Waals surface area (Å²) in [6.45, 7) is 0. The van der Waals surface area contributed by atoms with Crippen molar-refractivity contribution in [2.75, 3.05) is 5.32 Å². The Morgan fingerprint density at radius 2 is 1.72 bits per heavy atom. The first-order chi connectivity index (χ1) is 14.1. The van der Waals surface area contributed by atoms with E-state index in [0.29, 0.717) is 17.1 Å². The van der Waals surface area contributed by atoms with Crippen LogP contribution in [-0.4, -0.2) is 20.9 Å². The van der Waals surface area contributed by atoms with E-state index in [-0.39, 0.29) is 16.3 Å². The van der Waals surface area contributed by atoms with Gasteiger partial charge in [-0.15, -0.1) is 0 Å². The number of nitrogens with one attached hydrogen (secondary N) is 1. The van der Waals surface area contributed by atoms with E-state index in [2.05, 4.69) is 20.3 Å². The number of benzene rings is 2. The molecule has 4 rings (SSSR count). The van der Waals surface area contributed by atoms with E-state index in [1.165, 1.54) is 18.3 Å². The molecule has 7 heteroatoms. The van der Waals surface area contributed by atoms with Gasteiger partial charge in [0.15, 0.2) is 5.82 Å². The molecule has 5 nitrogen and oxygen atoms in total. The summed E-state index contributed by atoms with van der Waals surface area (Å²) in [5.74, 6) is -0.678. The van der Waals surface area contributed by atoms with Crippen LogP contribution in [0.15, 0.2) is 79.3 Å². The van der Waals surface area contributed by atoms with Gasteiger partial charge in [0.05, 0.1) is 16.9 Å². The van der Waals surface area contributed by atoms with Gasteiger partial charge in [0.2, 0.25) is 0 Å². The zero-order valence-corrected chi connectivity index (χ0v) is 15.8. The lowest BCUT2D eigenvalue weighted by atomic mass is 10.1. The average molecular weight is 405 g/mol. The first-order valence-electron chi connectivity index (χ1n) is 8.71. The van der Waals surface area contributed by atoms with Gasteiger partial charge >= 0.3 is 0 Å². The molecule has 0 atom stereocenters. The molecule has 0 aliphatic carbocycles. The van der Waals surface area contributed by atoms with Gasteiger partial charge in [-0.3, -0.25) is 9.78 Å². The van der Waals surface area contributed by atoms with Crippen molar-refractivity contribution < 1.29 is 9.18 Å². The molecule has 0 bridgehead atoms. The van der Waals surface area contributed by atoms with Crippen molar-refractivity contribution in [1.82, 2.24) is 15.0 Å². The number of pyridine rings is 1. The molecular formula is C22H14ClFN4O. The molecule has 2 aromatic carbocycles. The second-order valence-corrected chi connectivity index (χ2v) is 6.57. The zero-order valence-electron chi connectivity index (χ0n) is 15.0. The highest BCUT2D eigenvalue weighted by Crippen LogP contribution is 2.26. The van der Waals surface area contributed by atoms with Gasteiger partial charge in [0.25, 0.3) is 5.91 Å². The smallest absolute Gasteiger partial charge is 0.259 e. The van der Waals surface area contributed by atoms with Gasteiger partial charge in [0.1, 0.15) is 5.82 Å². The molecular weight excluding hydrogens is 391 g/mol. The Balaban J connectivity index is 1.77. The maximum Gasteiger partial charge on any atom is 0.259 e. The Kier molecular flexibility index (Phi) is 5.27. The number of nitrogens with zero attached hydrogens (tertiary/aromatic N) is 3. The monoisotopic (exact) mass is 404 g/mol. The van der Waals surface area contributed by atoms with Crippen LogP contribution in [-0.2, 0) is 0 Å². The van der Waals surface area contributed by atoms with E-state index in [4.69, 9.17) is 11.6 Å². The minimum atomic E-state index is -0.627. The molecule has 2 aromatic heterocycles. The van der Waals surface area contributed by atoms with Crippen molar-refractivity contribution in [2.24, 2.45) is 0 Å². The Hall–Kier alpha value is -3.64. The number of halogens is 2. The Morgan fingerprint density at radius 3 is 2.45 bits per heavy atom. The Labute approximate surface area is 171 Å². The quantitative estimate of drug-likeness (QED) is 0.504. The van der Waals surface area contributed by atoms with Gasteiger partial charge in [-0.2, -0.15) is 0 Å². The van der Waals surface area contributed by atoms with Gasteiger partial charge in [-0.05, 0) is 30.3 Å². The minimum Gasteiger partial charge on any atom is -0.319 e. The lowest BCUT2D eigenvalue weighted by molar-refractivity contribution is 0.102. The summed E-state index contributed by atoms with van der Waals surface area (Å²) in [5.41, 5.74) is 2.17. The van der Waals surface area contributed by atoms with Gasteiger partial charge < -0.3 is 5.32 Å². The van der Waals surface area contributed by atoms with Crippen LogP contribution in [0.2, 0.25) is 5.02 Å². The summed E-state index contributed by atoms with van der Waals surface area (Å²) in [5, 5.41) is 2.80. The first kappa shape index (κ1) is 18.7. The molecule has 4 aromatic rings. The Bertz CT molecular complexity index is 1170.